The van der Waals surface area contributed by atoms with Crippen molar-refractivity contribution in [2.45, 2.75) is 31.0 Å². The monoisotopic (exact) mass is 337 g/mol. The molecular formula is C17H20FNO3S. The number of halogens is 1. The molecular weight excluding hydrogens is 317 g/mol. The van der Waals surface area contributed by atoms with Gasteiger partial charge in [-0.2, -0.15) is 0 Å². The number of aliphatic hydroxyl groups is 1. The van der Waals surface area contributed by atoms with E-state index in [-0.39, 0.29) is 17.5 Å². The second-order valence-corrected chi connectivity index (χ2v) is 7.52. The van der Waals surface area contributed by atoms with E-state index in [1.807, 2.05) is 31.2 Å². The van der Waals surface area contributed by atoms with Crippen molar-refractivity contribution >= 4 is 9.84 Å². The largest absolute Gasteiger partial charge is 0.392 e. The maximum Gasteiger partial charge on any atom is 0.178 e. The molecule has 2 N–H and O–H groups in total. The van der Waals surface area contributed by atoms with E-state index in [1.54, 1.807) is 6.07 Å². The molecule has 1 atom stereocenters. The molecule has 2 rings (SSSR count). The average Bonchev–Trinajstić information content (AvgIpc) is 2.51. The van der Waals surface area contributed by atoms with E-state index in [0.717, 1.165) is 17.4 Å². The Morgan fingerprint density at radius 1 is 1.13 bits per heavy atom. The summed E-state index contributed by atoms with van der Waals surface area (Å²) in [5, 5.41) is 12.3. The zero-order valence-corrected chi connectivity index (χ0v) is 13.9. The van der Waals surface area contributed by atoms with Gasteiger partial charge in [0.1, 0.15) is 10.7 Å². The van der Waals surface area contributed by atoms with Crippen LogP contribution in [0.25, 0.3) is 0 Å². The second kappa shape index (κ2) is 7.21. The van der Waals surface area contributed by atoms with E-state index in [2.05, 4.69) is 5.32 Å². The molecule has 0 amide bonds. The van der Waals surface area contributed by atoms with Crippen molar-refractivity contribution in [3.8, 4) is 0 Å². The van der Waals surface area contributed by atoms with Crippen LogP contribution in [0.4, 0.5) is 4.39 Å². The molecule has 4 nitrogen and oxygen atoms in total. The Hall–Kier alpha value is -1.76. The lowest BCUT2D eigenvalue weighted by Gasteiger charge is -2.15. The van der Waals surface area contributed by atoms with Crippen molar-refractivity contribution in [3.63, 3.8) is 0 Å². The van der Waals surface area contributed by atoms with Crippen molar-refractivity contribution in [2.24, 2.45) is 0 Å². The number of sulfone groups is 1. The summed E-state index contributed by atoms with van der Waals surface area (Å²) in [6, 6.07) is 11.6. The van der Waals surface area contributed by atoms with Gasteiger partial charge in [-0.3, -0.25) is 0 Å². The molecule has 0 aromatic heterocycles. The van der Waals surface area contributed by atoms with Crippen LogP contribution in [0.5, 0.6) is 0 Å². The van der Waals surface area contributed by atoms with Gasteiger partial charge >= 0.3 is 0 Å². The molecule has 124 valence electrons. The normalized spacial score (nSPS) is 13.0. The molecule has 0 aliphatic rings. The zero-order chi connectivity index (χ0) is 17.0. The summed E-state index contributed by atoms with van der Waals surface area (Å²) in [7, 11) is -3.55. The van der Waals surface area contributed by atoms with E-state index in [0.29, 0.717) is 12.1 Å². The van der Waals surface area contributed by atoms with E-state index < -0.39 is 15.7 Å². The van der Waals surface area contributed by atoms with E-state index in [9.17, 15) is 12.8 Å². The second-order valence-electron chi connectivity index (χ2n) is 5.54. The van der Waals surface area contributed by atoms with Crippen LogP contribution in [0.15, 0.2) is 47.4 Å². The van der Waals surface area contributed by atoms with Crippen LogP contribution in [0.2, 0.25) is 0 Å². The Labute approximate surface area is 135 Å². The first-order valence-corrected chi connectivity index (χ1v) is 9.12. The quantitative estimate of drug-likeness (QED) is 0.850. The third kappa shape index (κ3) is 4.60. The van der Waals surface area contributed by atoms with Crippen molar-refractivity contribution < 1.29 is 17.9 Å². The van der Waals surface area contributed by atoms with Crippen LogP contribution in [0.3, 0.4) is 0 Å². The van der Waals surface area contributed by atoms with Crippen LogP contribution in [-0.4, -0.2) is 19.8 Å². The summed E-state index contributed by atoms with van der Waals surface area (Å²) in [4.78, 5) is -0.284. The standard InChI is InChI=1S/C17H20FNO3S/c1-12(19-10-13-3-5-14(11-20)6-4-13)15-7-8-17(16(18)9-15)23(2,21)22/h3-9,12,19-20H,10-11H2,1-2H3. The Kier molecular flexibility index (Phi) is 5.51. The summed E-state index contributed by atoms with van der Waals surface area (Å²) in [5.74, 6) is -0.731. The van der Waals surface area contributed by atoms with Crippen LogP contribution in [0.1, 0.15) is 29.7 Å². The van der Waals surface area contributed by atoms with Crippen molar-refractivity contribution in [1.82, 2.24) is 5.32 Å². The summed E-state index contributed by atoms with van der Waals surface area (Å²) >= 11 is 0. The van der Waals surface area contributed by atoms with E-state index in [1.165, 1.54) is 12.1 Å². The maximum absolute atomic E-state index is 13.9. The minimum atomic E-state index is -3.55. The first-order chi connectivity index (χ1) is 10.8. The molecule has 1 unspecified atom stereocenters. The Balaban J connectivity index is 2.05. The fourth-order valence-electron chi connectivity index (χ4n) is 2.24. The van der Waals surface area contributed by atoms with Gasteiger partial charge in [0.2, 0.25) is 0 Å². The van der Waals surface area contributed by atoms with Crippen molar-refractivity contribution in [1.29, 1.82) is 0 Å². The summed E-state index contributed by atoms with van der Waals surface area (Å²) < 4.78 is 36.8. The number of nitrogens with one attached hydrogen (secondary N) is 1. The zero-order valence-electron chi connectivity index (χ0n) is 13.1. The molecule has 23 heavy (non-hydrogen) atoms. The van der Waals surface area contributed by atoms with Gasteiger partial charge in [0.25, 0.3) is 0 Å². The number of rotatable bonds is 6. The lowest BCUT2D eigenvalue weighted by molar-refractivity contribution is 0.282. The highest BCUT2D eigenvalue weighted by atomic mass is 32.2. The predicted octanol–water partition coefficient (Wildman–Crippen LogP) is 2.57. The Morgan fingerprint density at radius 3 is 2.26 bits per heavy atom. The number of benzene rings is 2. The van der Waals surface area contributed by atoms with Gasteiger partial charge in [0.05, 0.1) is 6.61 Å². The molecule has 0 spiro atoms. The van der Waals surface area contributed by atoms with Crippen LogP contribution < -0.4 is 5.32 Å². The Morgan fingerprint density at radius 2 is 1.74 bits per heavy atom. The van der Waals surface area contributed by atoms with Crippen molar-refractivity contribution in [3.05, 3.63) is 65.0 Å². The first-order valence-electron chi connectivity index (χ1n) is 7.23. The molecule has 2 aromatic carbocycles. The predicted molar refractivity (Wildman–Crippen MR) is 87.1 cm³/mol. The highest BCUT2D eigenvalue weighted by molar-refractivity contribution is 7.90. The van der Waals surface area contributed by atoms with Gasteiger partial charge in [-0.1, -0.05) is 30.3 Å². The fourth-order valence-corrected chi connectivity index (χ4v) is 2.97. The van der Waals surface area contributed by atoms with Crippen molar-refractivity contribution in [2.75, 3.05) is 6.26 Å². The molecule has 0 aliphatic carbocycles. The molecule has 0 fully saturated rings. The lowest BCUT2D eigenvalue weighted by atomic mass is 10.1. The summed E-state index contributed by atoms with van der Waals surface area (Å²) in [6.07, 6.45) is 0.989. The molecule has 6 heteroatoms. The number of aliphatic hydroxyl groups excluding tert-OH is 1. The minimum Gasteiger partial charge on any atom is -0.392 e. The molecule has 0 aliphatic heterocycles. The minimum absolute atomic E-state index is 0.00999. The maximum atomic E-state index is 13.9. The topological polar surface area (TPSA) is 66.4 Å². The van der Waals surface area contributed by atoms with Gasteiger partial charge in [0.15, 0.2) is 9.84 Å². The van der Waals surface area contributed by atoms with Crippen LogP contribution in [-0.2, 0) is 23.0 Å². The fraction of sp³-hybridized carbons (Fsp3) is 0.294. The number of hydrogen-bond acceptors (Lipinski definition) is 4. The molecule has 0 heterocycles. The van der Waals surface area contributed by atoms with Gasteiger partial charge in [-0.15, -0.1) is 0 Å². The average molecular weight is 337 g/mol. The summed E-state index contributed by atoms with van der Waals surface area (Å²) in [6.45, 7) is 2.48. The molecule has 0 saturated heterocycles. The summed E-state index contributed by atoms with van der Waals surface area (Å²) in [5.41, 5.74) is 2.57. The van der Waals surface area contributed by atoms with Crippen LogP contribution >= 0.6 is 0 Å². The van der Waals surface area contributed by atoms with Gasteiger partial charge in [-0.05, 0) is 35.7 Å². The first kappa shape index (κ1) is 17.6. The smallest absolute Gasteiger partial charge is 0.178 e. The molecule has 2 aromatic rings. The molecule has 0 bridgehead atoms. The highest BCUT2D eigenvalue weighted by Gasteiger charge is 2.15. The highest BCUT2D eigenvalue weighted by Crippen LogP contribution is 2.20. The third-order valence-corrected chi connectivity index (χ3v) is 4.80. The van der Waals surface area contributed by atoms with E-state index in [4.69, 9.17) is 5.11 Å². The number of hydrogen-bond donors (Lipinski definition) is 2. The third-order valence-electron chi connectivity index (χ3n) is 3.67. The SMILES string of the molecule is CC(NCc1ccc(CO)cc1)c1ccc(S(C)(=O)=O)c(F)c1. The van der Waals surface area contributed by atoms with Gasteiger partial charge < -0.3 is 10.4 Å². The van der Waals surface area contributed by atoms with Gasteiger partial charge in [0, 0.05) is 18.8 Å². The Bertz CT molecular complexity index is 773. The lowest BCUT2D eigenvalue weighted by Crippen LogP contribution is -2.18. The van der Waals surface area contributed by atoms with E-state index >= 15 is 0 Å². The van der Waals surface area contributed by atoms with Gasteiger partial charge in [-0.25, -0.2) is 12.8 Å². The molecule has 0 radical (unpaired) electrons. The van der Waals surface area contributed by atoms with Crippen LogP contribution in [0, 0.1) is 5.82 Å². The molecule has 0 saturated carbocycles.